The number of carbonyl (C=O) groups is 2. The van der Waals surface area contributed by atoms with Crippen LogP contribution in [0.3, 0.4) is 0 Å². The van der Waals surface area contributed by atoms with E-state index in [2.05, 4.69) is 0 Å². The number of benzene rings is 2. The predicted molar refractivity (Wildman–Crippen MR) is 81.1 cm³/mol. The van der Waals surface area contributed by atoms with Gasteiger partial charge in [0, 0.05) is 11.1 Å². The maximum Gasteiger partial charge on any atom is 0.339 e. The van der Waals surface area contributed by atoms with Crippen molar-refractivity contribution in [1.29, 1.82) is 0 Å². The van der Waals surface area contributed by atoms with E-state index < -0.39 is 20.6 Å². The average molecular weight is 359 g/mol. The molecule has 0 radical (unpaired) electrons. The first-order chi connectivity index (χ1) is 10.3. The summed E-state index contributed by atoms with van der Waals surface area (Å²) >= 11 is 10.6. The van der Waals surface area contributed by atoms with Crippen LogP contribution in [0.1, 0.15) is 20.7 Å². The molecule has 8 heteroatoms. The molecule has 0 aromatic heterocycles. The van der Waals surface area contributed by atoms with Crippen LogP contribution in [-0.2, 0) is 10.1 Å². The van der Waals surface area contributed by atoms with Gasteiger partial charge in [-0.3, -0.25) is 9.59 Å². The summed E-state index contributed by atoms with van der Waals surface area (Å²) in [6.07, 6.45) is 0. The molecule has 0 N–H and O–H groups in total. The number of rotatable bonds is 5. The summed E-state index contributed by atoms with van der Waals surface area (Å²) in [7, 11) is -4.06. The van der Waals surface area contributed by atoms with Gasteiger partial charge >= 0.3 is 10.1 Å². The molecule has 0 aliphatic carbocycles. The van der Waals surface area contributed by atoms with E-state index in [0.29, 0.717) is 0 Å². The van der Waals surface area contributed by atoms with E-state index in [1.54, 1.807) is 0 Å². The lowest BCUT2D eigenvalue weighted by molar-refractivity contribution is 0.107. The summed E-state index contributed by atoms with van der Waals surface area (Å²) in [6, 6.07) is 10.3. The Bertz CT molecular complexity index is 811. The molecule has 0 heterocycles. The quantitative estimate of drug-likeness (QED) is 0.605. The van der Waals surface area contributed by atoms with Crippen molar-refractivity contribution < 1.29 is 22.2 Å². The Morgan fingerprint density at radius 1 is 0.773 bits per heavy atom. The fourth-order valence-corrected chi connectivity index (χ4v) is 2.75. The molecule has 22 heavy (non-hydrogen) atoms. The van der Waals surface area contributed by atoms with E-state index in [1.165, 1.54) is 48.5 Å². The standard InChI is InChI=1S/C14H8Cl2O5S/c15-13(17)9-1-5-11(6-2-9)21-22(19,20)12-7-3-10(4-8-12)14(16)18/h1-8H. The fourth-order valence-electron chi connectivity index (χ4n) is 1.57. The Labute approximate surface area is 136 Å². The highest BCUT2D eigenvalue weighted by Gasteiger charge is 2.17. The minimum atomic E-state index is -4.06. The zero-order valence-corrected chi connectivity index (χ0v) is 13.2. The first-order valence-corrected chi connectivity index (χ1v) is 8.00. The number of hydrogen-bond acceptors (Lipinski definition) is 5. The highest BCUT2D eigenvalue weighted by molar-refractivity contribution is 7.87. The predicted octanol–water partition coefficient (Wildman–Crippen LogP) is 3.21. The van der Waals surface area contributed by atoms with E-state index in [9.17, 15) is 18.0 Å². The van der Waals surface area contributed by atoms with E-state index in [4.69, 9.17) is 27.4 Å². The lowest BCUT2D eigenvalue weighted by Gasteiger charge is -2.07. The molecule has 0 atom stereocenters. The second-order valence-corrected chi connectivity index (χ2v) is 6.37. The fraction of sp³-hybridized carbons (Fsp3) is 0. The third kappa shape index (κ3) is 3.85. The molecular weight excluding hydrogens is 351 g/mol. The van der Waals surface area contributed by atoms with Gasteiger partial charge in [-0.2, -0.15) is 8.42 Å². The average Bonchev–Trinajstić information content (AvgIpc) is 2.47. The van der Waals surface area contributed by atoms with Gasteiger partial charge in [-0.15, -0.1) is 0 Å². The molecule has 0 amide bonds. The van der Waals surface area contributed by atoms with Gasteiger partial charge in [-0.25, -0.2) is 0 Å². The lowest BCUT2D eigenvalue weighted by Crippen LogP contribution is -2.10. The van der Waals surface area contributed by atoms with Gasteiger partial charge in [0.25, 0.3) is 10.5 Å². The molecule has 0 saturated heterocycles. The first-order valence-electron chi connectivity index (χ1n) is 5.84. The molecule has 5 nitrogen and oxygen atoms in total. The molecule has 0 spiro atoms. The highest BCUT2D eigenvalue weighted by atomic mass is 35.5. The van der Waals surface area contributed by atoms with E-state index >= 15 is 0 Å². The van der Waals surface area contributed by atoms with E-state index in [-0.39, 0.29) is 21.8 Å². The topological polar surface area (TPSA) is 77.5 Å². The van der Waals surface area contributed by atoms with Gasteiger partial charge in [0.2, 0.25) is 0 Å². The number of halogens is 2. The Hall–Kier alpha value is -1.89. The largest absolute Gasteiger partial charge is 0.379 e. The minimum absolute atomic E-state index is 0.0270. The van der Waals surface area contributed by atoms with Crippen LogP contribution in [0.15, 0.2) is 53.4 Å². The molecule has 2 rings (SSSR count). The molecule has 2 aromatic carbocycles. The summed E-state index contributed by atoms with van der Waals surface area (Å²) in [4.78, 5) is 21.7. The third-order valence-corrected chi connectivity index (χ3v) is 4.35. The summed E-state index contributed by atoms with van der Waals surface area (Å²) in [5.41, 5.74) is 0.391. The van der Waals surface area contributed by atoms with Crippen LogP contribution in [0.4, 0.5) is 0 Å². The van der Waals surface area contributed by atoms with Crippen LogP contribution in [0.5, 0.6) is 5.75 Å². The molecule has 0 aliphatic rings. The van der Waals surface area contributed by atoms with Gasteiger partial charge in [0.05, 0.1) is 0 Å². The van der Waals surface area contributed by atoms with Crippen molar-refractivity contribution in [3.8, 4) is 5.75 Å². The SMILES string of the molecule is O=C(Cl)c1ccc(OS(=O)(=O)c2ccc(C(=O)Cl)cc2)cc1. The normalized spacial score (nSPS) is 11.0. The second kappa shape index (κ2) is 6.48. The molecule has 2 aromatic rings. The molecule has 0 saturated carbocycles. The Morgan fingerprint density at radius 2 is 1.18 bits per heavy atom. The van der Waals surface area contributed by atoms with Gasteiger partial charge in [0.15, 0.2) is 0 Å². The van der Waals surface area contributed by atoms with Crippen molar-refractivity contribution >= 4 is 43.8 Å². The summed E-state index contributed by atoms with van der Waals surface area (Å²) in [5, 5.41) is -1.35. The van der Waals surface area contributed by atoms with Crippen molar-refractivity contribution in [3.05, 3.63) is 59.7 Å². The van der Waals surface area contributed by atoms with Gasteiger partial charge in [-0.05, 0) is 71.7 Å². The van der Waals surface area contributed by atoms with Crippen molar-refractivity contribution in [1.82, 2.24) is 0 Å². The zero-order chi connectivity index (χ0) is 16.3. The summed E-state index contributed by atoms with van der Waals surface area (Å²) in [5.74, 6) is 0.0270. The first kappa shape index (κ1) is 16.5. The van der Waals surface area contributed by atoms with Crippen LogP contribution in [0.2, 0.25) is 0 Å². The summed E-state index contributed by atoms with van der Waals surface area (Å²) < 4.78 is 29.1. The van der Waals surface area contributed by atoms with Crippen LogP contribution < -0.4 is 4.18 Å². The zero-order valence-electron chi connectivity index (χ0n) is 10.8. The Balaban J connectivity index is 2.23. The van der Waals surface area contributed by atoms with Crippen molar-refractivity contribution in [2.75, 3.05) is 0 Å². The highest BCUT2D eigenvalue weighted by Crippen LogP contribution is 2.20. The van der Waals surface area contributed by atoms with E-state index in [1.807, 2.05) is 0 Å². The smallest absolute Gasteiger partial charge is 0.339 e. The van der Waals surface area contributed by atoms with Crippen LogP contribution in [-0.4, -0.2) is 18.9 Å². The van der Waals surface area contributed by atoms with Gasteiger partial charge in [0.1, 0.15) is 10.6 Å². The van der Waals surface area contributed by atoms with Crippen LogP contribution >= 0.6 is 23.2 Å². The summed E-state index contributed by atoms with van der Waals surface area (Å²) in [6.45, 7) is 0. The van der Waals surface area contributed by atoms with Crippen LogP contribution in [0, 0.1) is 0 Å². The van der Waals surface area contributed by atoms with Crippen molar-refractivity contribution in [3.63, 3.8) is 0 Å². The van der Waals surface area contributed by atoms with Crippen molar-refractivity contribution in [2.45, 2.75) is 4.90 Å². The van der Waals surface area contributed by atoms with Crippen molar-refractivity contribution in [2.24, 2.45) is 0 Å². The third-order valence-electron chi connectivity index (χ3n) is 2.66. The van der Waals surface area contributed by atoms with Crippen LogP contribution in [0.25, 0.3) is 0 Å². The monoisotopic (exact) mass is 358 g/mol. The lowest BCUT2D eigenvalue weighted by atomic mass is 10.2. The molecule has 0 fully saturated rings. The Morgan fingerprint density at radius 3 is 1.59 bits per heavy atom. The Kier molecular flexibility index (Phi) is 4.85. The molecule has 0 bridgehead atoms. The van der Waals surface area contributed by atoms with Gasteiger partial charge < -0.3 is 4.18 Å². The maximum atomic E-state index is 12.1. The minimum Gasteiger partial charge on any atom is -0.379 e. The molecular formula is C14H8Cl2O5S. The maximum absolute atomic E-state index is 12.1. The number of carbonyl (C=O) groups excluding carboxylic acids is 2. The molecule has 0 unspecified atom stereocenters. The molecule has 114 valence electrons. The molecule has 0 aliphatic heterocycles. The second-order valence-electron chi connectivity index (χ2n) is 4.13. The van der Waals surface area contributed by atoms with Gasteiger partial charge in [-0.1, -0.05) is 0 Å². The number of hydrogen-bond donors (Lipinski definition) is 0. The van der Waals surface area contributed by atoms with E-state index in [0.717, 1.165) is 0 Å².